The molecule has 0 bridgehead atoms. The van der Waals surface area contributed by atoms with Gasteiger partial charge < -0.3 is 28.4 Å². The summed E-state index contributed by atoms with van der Waals surface area (Å²) in [4.78, 5) is 48.4. The number of benzene rings is 1. The lowest BCUT2D eigenvalue weighted by molar-refractivity contribution is -0.161. The lowest BCUT2D eigenvalue weighted by Crippen LogP contribution is -2.43. The molecular formula is C35H50O10. The third-order valence-corrected chi connectivity index (χ3v) is 6.34. The van der Waals surface area contributed by atoms with Gasteiger partial charge in [0.1, 0.15) is 31.2 Å². The highest BCUT2D eigenvalue weighted by atomic mass is 16.7. The van der Waals surface area contributed by atoms with Gasteiger partial charge in [0.25, 0.3) is 0 Å². The molecule has 10 heteroatoms. The first-order valence-corrected chi connectivity index (χ1v) is 14.7. The van der Waals surface area contributed by atoms with Crippen LogP contribution in [0.2, 0.25) is 0 Å². The number of hydrogen-bond acceptors (Lipinski definition) is 10. The molecule has 1 aromatic carbocycles. The van der Waals surface area contributed by atoms with E-state index in [0.717, 1.165) is 34.9 Å². The summed E-state index contributed by atoms with van der Waals surface area (Å²) >= 11 is 0. The Bertz CT molecular complexity index is 1140. The summed E-state index contributed by atoms with van der Waals surface area (Å²) in [6, 6.07) is 3.96. The van der Waals surface area contributed by atoms with Crippen molar-refractivity contribution in [1.29, 1.82) is 0 Å². The SMILES string of the molecule is C=CC(=O)OCC(COCCc1cc(C(C)(C)C)c(OC(=O)OC(C)(C)C)c(C(C)(C)C)c1)(COC(=O)C=C)COC(=O)C=C. The molecule has 1 rings (SSSR count). The van der Waals surface area contributed by atoms with Crippen LogP contribution in [0.5, 0.6) is 5.75 Å². The molecule has 0 amide bonds. The van der Waals surface area contributed by atoms with Crippen molar-refractivity contribution in [3.05, 3.63) is 66.8 Å². The highest BCUT2D eigenvalue weighted by molar-refractivity contribution is 5.82. The Balaban J connectivity index is 3.37. The van der Waals surface area contributed by atoms with Gasteiger partial charge in [-0.3, -0.25) is 0 Å². The second-order valence-electron chi connectivity index (χ2n) is 13.8. The van der Waals surface area contributed by atoms with Crippen molar-refractivity contribution in [2.75, 3.05) is 33.0 Å². The molecule has 1 aromatic rings. The van der Waals surface area contributed by atoms with Crippen LogP contribution in [0.25, 0.3) is 0 Å². The normalized spacial score (nSPS) is 12.0. The molecule has 0 unspecified atom stereocenters. The molecule has 0 aliphatic carbocycles. The molecule has 0 radical (unpaired) electrons. The fraction of sp³-hybridized carbons (Fsp3) is 0.543. The maximum atomic E-state index is 12.7. The third kappa shape index (κ3) is 13.7. The summed E-state index contributed by atoms with van der Waals surface area (Å²) in [6.45, 7) is 27.0. The van der Waals surface area contributed by atoms with Crippen LogP contribution in [0.4, 0.5) is 4.79 Å². The number of ether oxygens (including phenoxy) is 6. The summed E-state index contributed by atoms with van der Waals surface area (Å²) in [6.07, 6.45) is 2.66. The number of esters is 3. The average Bonchev–Trinajstić information content (AvgIpc) is 2.93. The molecule has 0 aliphatic heterocycles. The molecule has 0 saturated carbocycles. The van der Waals surface area contributed by atoms with Crippen LogP contribution < -0.4 is 4.74 Å². The van der Waals surface area contributed by atoms with E-state index < -0.39 is 35.1 Å². The first-order valence-electron chi connectivity index (χ1n) is 14.7. The molecule has 0 atom stereocenters. The van der Waals surface area contributed by atoms with Crippen LogP contribution in [-0.2, 0) is 55.3 Å². The zero-order valence-electron chi connectivity index (χ0n) is 28.3. The molecule has 0 aromatic heterocycles. The van der Waals surface area contributed by atoms with Gasteiger partial charge in [0, 0.05) is 29.4 Å². The number of rotatable bonds is 15. The van der Waals surface area contributed by atoms with E-state index in [0.29, 0.717) is 12.2 Å². The van der Waals surface area contributed by atoms with Crippen LogP contribution >= 0.6 is 0 Å². The largest absolute Gasteiger partial charge is 0.514 e. The Hall–Kier alpha value is -3.92. The van der Waals surface area contributed by atoms with Crippen LogP contribution in [0, 0.1) is 5.41 Å². The minimum Gasteiger partial charge on any atom is -0.462 e. The van der Waals surface area contributed by atoms with Gasteiger partial charge in [0.05, 0.1) is 18.6 Å². The summed E-state index contributed by atoms with van der Waals surface area (Å²) in [5.74, 6) is -1.65. The van der Waals surface area contributed by atoms with Gasteiger partial charge in [-0.25, -0.2) is 19.2 Å². The van der Waals surface area contributed by atoms with E-state index in [4.69, 9.17) is 28.4 Å². The van der Waals surface area contributed by atoms with Crippen molar-refractivity contribution < 1.29 is 47.6 Å². The Morgan fingerprint density at radius 1 is 0.667 bits per heavy atom. The molecule has 250 valence electrons. The Morgan fingerprint density at radius 3 is 1.40 bits per heavy atom. The van der Waals surface area contributed by atoms with Gasteiger partial charge in [0.15, 0.2) is 0 Å². The Labute approximate surface area is 267 Å². The summed E-state index contributed by atoms with van der Waals surface area (Å²) in [5.41, 5.74) is -0.130. The maximum Gasteiger partial charge on any atom is 0.514 e. The molecule has 10 nitrogen and oxygen atoms in total. The first kappa shape index (κ1) is 39.1. The third-order valence-electron chi connectivity index (χ3n) is 6.34. The molecule has 0 N–H and O–H groups in total. The van der Waals surface area contributed by atoms with E-state index in [1.807, 2.05) is 53.7 Å². The average molecular weight is 631 g/mol. The van der Waals surface area contributed by atoms with E-state index in [1.165, 1.54) is 0 Å². The highest BCUT2D eigenvalue weighted by Crippen LogP contribution is 2.41. The summed E-state index contributed by atoms with van der Waals surface area (Å²) < 4.78 is 33.1. The van der Waals surface area contributed by atoms with E-state index in [1.54, 1.807) is 20.8 Å². The quantitative estimate of drug-likeness (QED) is 0.0714. The van der Waals surface area contributed by atoms with E-state index >= 15 is 0 Å². The number of hydrogen-bond donors (Lipinski definition) is 0. The predicted octanol–water partition coefficient (Wildman–Crippen LogP) is 6.33. The number of carbonyl (C=O) groups is 4. The minimum atomic E-state index is -1.23. The zero-order chi connectivity index (χ0) is 34.6. The summed E-state index contributed by atoms with van der Waals surface area (Å²) in [7, 11) is 0. The number of carbonyl (C=O) groups excluding carboxylic acids is 4. The fourth-order valence-electron chi connectivity index (χ4n) is 3.99. The minimum absolute atomic E-state index is 0.0929. The molecule has 0 saturated heterocycles. The lowest BCUT2D eigenvalue weighted by atomic mass is 9.78. The van der Waals surface area contributed by atoms with Crippen molar-refractivity contribution in [3.63, 3.8) is 0 Å². The van der Waals surface area contributed by atoms with E-state index in [2.05, 4.69) is 19.7 Å². The second kappa shape index (κ2) is 16.4. The van der Waals surface area contributed by atoms with Gasteiger partial charge in [-0.15, -0.1) is 0 Å². The predicted molar refractivity (Wildman–Crippen MR) is 171 cm³/mol. The molecular weight excluding hydrogens is 580 g/mol. The standard InChI is InChI=1S/C35H50O10/c1-13-27(36)41-21-35(22-42-28(37)14-2,23-43-29(38)15-3)20-40-17-16-24-18-25(32(4,5)6)30(26(19-24)33(7,8)9)44-31(39)45-34(10,11)12/h13-15,18-19H,1-3,16-17,20-23H2,4-12H3. The van der Waals surface area contributed by atoms with Gasteiger partial charge in [-0.2, -0.15) is 0 Å². The molecule has 0 fully saturated rings. The zero-order valence-corrected chi connectivity index (χ0v) is 28.3. The van der Waals surface area contributed by atoms with Crippen molar-refractivity contribution in [2.45, 2.75) is 85.2 Å². The molecule has 0 heterocycles. The summed E-state index contributed by atoms with van der Waals surface area (Å²) in [5, 5.41) is 0. The highest BCUT2D eigenvalue weighted by Gasteiger charge is 2.36. The molecule has 0 spiro atoms. The smallest absolute Gasteiger partial charge is 0.462 e. The van der Waals surface area contributed by atoms with Crippen LogP contribution in [0.15, 0.2) is 50.1 Å². The van der Waals surface area contributed by atoms with Gasteiger partial charge in [-0.05, 0) is 43.6 Å². The van der Waals surface area contributed by atoms with Crippen LogP contribution in [0.1, 0.15) is 79.0 Å². The van der Waals surface area contributed by atoms with Crippen molar-refractivity contribution in [1.82, 2.24) is 0 Å². The van der Waals surface area contributed by atoms with E-state index in [-0.39, 0.29) is 43.9 Å². The van der Waals surface area contributed by atoms with Crippen molar-refractivity contribution >= 4 is 24.1 Å². The molecule has 45 heavy (non-hydrogen) atoms. The van der Waals surface area contributed by atoms with Gasteiger partial charge in [0.2, 0.25) is 0 Å². The Kier molecular flexibility index (Phi) is 14.3. The Morgan fingerprint density at radius 2 is 1.07 bits per heavy atom. The van der Waals surface area contributed by atoms with Crippen molar-refractivity contribution in [3.8, 4) is 5.75 Å². The van der Waals surface area contributed by atoms with Gasteiger partial charge in [-0.1, -0.05) is 73.4 Å². The maximum absolute atomic E-state index is 12.7. The van der Waals surface area contributed by atoms with Crippen LogP contribution in [0.3, 0.4) is 0 Å². The monoisotopic (exact) mass is 630 g/mol. The van der Waals surface area contributed by atoms with E-state index in [9.17, 15) is 19.2 Å². The second-order valence-corrected chi connectivity index (χ2v) is 13.8. The first-order chi connectivity index (χ1) is 20.7. The van der Waals surface area contributed by atoms with Crippen molar-refractivity contribution in [2.24, 2.45) is 5.41 Å². The lowest BCUT2D eigenvalue weighted by Gasteiger charge is -2.32. The van der Waals surface area contributed by atoms with Gasteiger partial charge >= 0.3 is 24.1 Å². The topological polar surface area (TPSA) is 124 Å². The molecule has 0 aliphatic rings. The van der Waals surface area contributed by atoms with Crippen LogP contribution in [-0.4, -0.2) is 62.7 Å². The fourth-order valence-corrected chi connectivity index (χ4v) is 3.99.